The summed E-state index contributed by atoms with van der Waals surface area (Å²) in [6.45, 7) is 4.17. The molecule has 2 N–H and O–H groups in total. The van der Waals surface area contributed by atoms with Crippen molar-refractivity contribution < 1.29 is 13.9 Å². The number of anilines is 2. The second-order valence-electron chi connectivity index (χ2n) is 10.4. The molecule has 43 heavy (non-hydrogen) atoms. The number of amides is 2. The Bertz CT molecular complexity index is 1640. The van der Waals surface area contributed by atoms with Crippen molar-refractivity contribution >= 4 is 17.4 Å². The lowest BCUT2D eigenvalue weighted by Gasteiger charge is -2.38. The summed E-state index contributed by atoms with van der Waals surface area (Å²) in [4.78, 5) is 26.2. The van der Waals surface area contributed by atoms with Gasteiger partial charge in [-0.15, -0.1) is 5.10 Å². The van der Waals surface area contributed by atoms with Gasteiger partial charge in [-0.25, -0.2) is 19.3 Å². The number of tetrazole rings is 1. The number of nitrogens with one attached hydrogen (secondary N) is 2. The van der Waals surface area contributed by atoms with Gasteiger partial charge in [0.2, 0.25) is 5.88 Å². The number of aromatic amines is 1. The van der Waals surface area contributed by atoms with Gasteiger partial charge in [-0.1, -0.05) is 12.1 Å². The molecule has 0 atom stereocenters. The number of piperidine rings is 1. The van der Waals surface area contributed by atoms with Gasteiger partial charge >= 0.3 is 6.03 Å². The first kappa shape index (κ1) is 27.9. The summed E-state index contributed by atoms with van der Waals surface area (Å²) in [6, 6.07) is 20.7. The highest BCUT2D eigenvalue weighted by Gasteiger charge is 2.30. The topological polar surface area (TPSA) is 125 Å². The number of H-pyrrole nitrogens is 1. The van der Waals surface area contributed by atoms with Crippen molar-refractivity contribution in [1.82, 2.24) is 35.5 Å². The Hall–Kier alpha value is -5.23. The fraction of sp³-hybridized carbons (Fsp3) is 0.226. The molecule has 4 heterocycles. The maximum absolute atomic E-state index is 14.2. The van der Waals surface area contributed by atoms with Gasteiger partial charge in [0.05, 0.1) is 11.9 Å². The van der Waals surface area contributed by atoms with Crippen LogP contribution >= 0.6 is 0 Å². The summed E-state index contributed by atoms with van der Waals surface area (Å²) in [5, 5.41) is 16.7. The molecule has 0 bridgehead atoms. The Kier molecular flexibility index (Phi) is 8.27. The van der Waals surface area contributed by atoms with E-state index in [1.165, 1.54) is 12.1 Å². The number of carbonyl (C=O) groups is 1. The molecule has 0 spiro atoms. The second kappa shape index (κ2) is 12.7. The third-order valence-electron chi connectivity index (χ3n) is 7.29. The fourth-order valence-electron chi connectivity index (χ4n) is 5.09. The van der Waals surface area contributed by atoms with E-state index in [1.54, 1.807) is 23.2 Å². The lowest BCUT2D eigenvalue weighted by atomic mass is 10.0. The third-order valence-corrected chi connectivity index (χ3v) is 7.29. The van der Waals surface area contributed by atoms with Gasteiger partial charge in [-0.2, -0.15) is 0 Å². The molecular weight excluding hydrogens is 549 g/mol. The Morgan fingerprint density at radius 3 is 2.56 bits per heavy atom. The van der Waals surface area contributed by atoms with Crippen molar-refractivity contribution in [2.75, 3.05) is 23.3 Å². The summed E-state index contributed by atoms with van der Waals surface area (Å²) in [5.41, 5.74) is 3.89. The number of hydrogen-bond donors (Lipinski definition) is 2. The predicted molar refractivity (Wildman–Crippen MR) is 159 cm³/mol. The highest BCUT2D eigenvalue weighted by atomic mass is 19.1. The van der Waals surface area contributed by atoms with Crippen LogP contribution in [0.1, 0.15) is 24.1 Å². The van der Waals surface area contributed by atoms with Gasteiger partial charge in [0.15, 0.2) is 5.82 Å². The summed E-state index contributed by atoms with van der Waals surface area (Å²) in [5.74, 6) is 1.36. The molecule has 12 heteroatoms. The molecule has 2 amide bonds. The van der Waals surface area contributed by atoms with Gasteiger partial charge in [0, 0.05) is 54.9 Å². The summed E-state index contributed by atoms with van der Waals surface area (Å²) in [6.07, 6.45) is 4.92. The number of aromatic nitrogens is 6. The molecule has 218 valence electrons. The molecule has 0 aliphatic carbocycles. The first-order chi connectivity index (χ1) is 21.0. The number of pyridine rings is 2. The zero-order valence-corrected chi connectivity index (χ0v) is 23.5. The molecule has 0 saturated carbocycles. The average molecular weight is 580 g/mol. The van der Waals surface area contributed by atoms with Gasteiger partial charge in [-0.3, -0.25) is 14.8 Å². The normalized spacial score (nSPS) is 13.9. The van der Waals surface area contributed by atoms with E-state index >= 15 is 0 Å². The van der Waals surface area contributed by atoms with Crippen LogP contribution in [0.3, 0.4) is 0 Å². The quantitative estimate of drug-likeness (QED) is 0.243. The first-order valence-electron chi connectivity index (χ1n) is 14.0. The standard InChI is InChI=1S/C31H30FN9O2/c1-21-5-9-25(19-33-21)35-31(42)41(27-4-2-3-24(32)17-27)26-13-15-40(16-14-26)20-22-6-12-29(34-18-22)43-28-10-7-23(8-11-28)30-36-38-39-37-30/h2-12,17-19,26H,13-16,20H2,1H3,(H,35,42)(H,36,37,38,39). The number of hydrogen-bond acceptors (Lipinski definition) is 8. The maximum atomic E-state index is 14.2. The van der Waals surface area contributed by atoms with Crippen LogP contribution in [0.2, 0.25) is 0 Å². The number of aryl methyl sites for hydroxylation is 1. The SMILES string of the molecule is Cc1ccc(NC(=O)N(c2cccc(F)c2)C2CCN(Cc3ccc(Oc4ccc(-c5nnn[nH]5)cc4)nc3)CC2)cn1. The zero-order valence-electron chi connectivity index (χ0n) is 23.5. The lowest BCUT2D eigenvalue weighted by Crippen LogP contribution is -2.49. The molecule has 1 fully saturated rings. The number of halogens is 1. The van der Waals surface area contributed by atoms with Crippen molar-refractivity contribution in [1.29, 1.82) is 0 Å². The second-order valence-corrected chi connectivity index (χ2v) is 10.4. The molecule has 3 aromatic heterocycles. The predicted octanol–water partition coefficient (Wildman–Crippen LogP) is 5.60. The smallest absolute Gasteiger partial charge is 0.326 e. The Morgan fingerprint density at radius 2 is 1.88 bits per heavy atom. The first-order valence-corrected chi connectivity index (χ1v) is 14.0. The van der Waals surface area contributed by atoms with Crippen LogP contribution in [0.15, 0.2) is 85.2 Å². The van der Waals surface area contributed by atoms with Crippen molar-refractivity contribution in [2.45, 2.75) is 32.4 Å². The number of likely N-dealkylation sites (tertiary alicyclic amines) is 1. The van der Waals surface area contributed by atoms with Crippen LogP contribution in [-0.2, 0) is 6.54 Å². The molecule has 1 aliphatic rings. The number of urea groups is 1. The Labute approximate surface area is 247 Å². The molecular formula is C31H30FN9O2. The van der Waals surface area contributed by atoms with E-state index in [9.17, 15) is 9.18 Å². The third kappa shape index (κ3) is 6.99. The van der Waals surface area contributed by atoms with Gasteiger partial charge in [0.25, 0.3) is 0 Å². The monoisotopic (exact) mass is 579 g/mol. The van der Waals surface area contributed by atoms with Crippen molar-refractivity contribution in [3.63, 3.8) is 0 Å². The van der Waals surface area contributed by atoms with E-state index in [2.05, 4.69) is 40.8 Å². The summed E-state index contributed by atoms with van der Waals surface area (Å²) in [7, 11) is 0. The molecule has 2 aromatic carbocycles. The summed E-state index contributed by atoms with van der Waals surface area (Å²) < 4.78 is 20.1. The number of carbonyl (C=O) groups excluding carboxylic acids is 1. The van der Waals surface area contributed by atoms with Crippen LogP contribution in [0.4, 0.5) is 20.6 Å². The van der Waals surface area contributed by atoms with E-state index in [4.69, 9.17) is 4.74 Å². The van der Waals surface area contributed by atoms with Crippen LogP contribution in [0.5, 0.6) is 11.6 Å². The average Bonchev–Trinajstić information content (AvgIpc) is 3.56. The van der Waals surface area contributed by atoms with E-state index in [1.807, 2.05) is 61.7 Å². The lowest BCUT2D eigenvalue weighted by molar-refractivity contribution is 0.199. The van der Waals surface area contributed by atoms with Gasteiger partial charge in [0.1, 0.15) is 11.6 Å². The molecule has 6 rings (SSSR count). The molecule has 5 aromatic rings. The van der Waals surface area contributed by atoms with E-state index in [-0.39, 0.29) is 17.9 Å². The molecule has 0 unspecified atom stereocenters. The van der Waals surface area contributed by atoms with Gasteiger partial charge in [-0.05, 0) is 90.4 Å². The van der Waals surface area contributed by atoms with Crippen LogP contribution in [0.25, 0.3) is 11.4 Å². The highest BCUT2D eigenvalue weighted by Crippen LogP contribution is 2.27. The fourth-order valence-corrected chi connectivity index (χ4v) is 5.09. The Morgan fingerprint density at radius 1 is 1.05 bits per heavy atom. The molecule has 0 radical (unpaired) electrons. The number of ether oxygens (including phenoxy) is 1. The van der Waals surface area contributed by atoms with Crippen LogP contribution in [0, 0.1) is 12.7 Å². The van der Waals surface area contributed by atoms with E-state index < -0.39 is 0 Å². The minimum atomic E-state index is -0.384. The van der Waals surface area contributed by atoms with E-state index in [0.717, 1.165) is 49.3 Å². The highest BCUT2D eigenvalue weighted by molar-refractivity contribution is 6.02. The minimum absolute atomic E-state index is 0.0861. The Balaban J connectivity index is 1.05. The van der Waals surface area contributed by atoms with E-state index in [0.29, 0.717) is 28.8 Å². The zero-order chi connectivity index (χ0) is 29.6. The maximum Gasteiger partial charge on any atom is 0.326 e. The number of nitrogens with zero attached hydrogens (tertiary/aromatic N) is 7. The molecule has 1 aliphatic heterocycles. The van der Waals surface area contributed by atoms with Crippen LogP contribution in [-0.4, -0.2) is 60.7 Å². The van der Waals surface area contributed by atoms with Crippen molar-refractivity contribution in [3.8, 4) is 23.0 Å². The van der Waals surface area contributed by atoms with Crippen molar-refractivity contribution in [2.24, 2.45) is 0 Å². The molecule has 1 saturated heterocycles. The minimum Gasteiger partial charge on any atom is -0.439 e. The van der Waals surface area contributed by atoms with Crippen molar-refractivity contribution in [3.05, 3.63) is 102 Å². The van der Waals surface area contributed by atoms with Gasteiger partial charge < -0.3 is 10.1 Å². The molecule has 11 nitrogen and oxygen atoms in total. The number of benzene rings is 2. The van der Waals surface area contributed by atoms with Crippen LogP contribution < -0.4 is 15.0 Å². The largest absolute Gasteiger partial charge is 0.439 e. The number of rotatable bonds is 8. The summed E-state index contributed by atoms with van der Waals surface area (Å²) >= 11 is 0.